The molecule has 0 saturated carbocycles. The average Bonchev–Trinajstić information content (AvgIpc) is 3.48. The van der Waals surface area contributed by atoms with Crippen LogP contribution in [0.5, 0.6) is 0 Å². The highest BCUT2D eigenvalue weighted by Gasteiger charge is 2.24. The molecule has 0 atom stereocenters. The van der Waals surface area contributed by atoms with Gasteiger partial charge in [-0.05, 0) is 55.2 Å². The number of carbonyl (C=O) groups is 2. The Morgan fingerprint density at radius 3 is 2.46 bits per heavy atom. The van der Waals surface area contributed by atoms with Crippen molar-refractivity contribution in [2.45, 2.75) is 52.2 Å². The first-order valence-electron chi connectivity index (χ1n) is 12.0. The van der Waals surface area contributed by atoms with Crippen molar-refractivity contribution < 1.29 is 14.0 Å². The van der Waals surface area contributed by atoms with Gasteiger partial charge < -0.3 is 14.6 Å². The summed E-state index contributed by atoms with van der Waals surface area (Å²) < 4.78 is 7.61. The van der Waals surface area contributed by atoms with E-state index in [1.165, 1.54) is 11.8 Å². The molecular formula is C26H33N5O3S. The molecule has 4 rings (SSSR count). The van der Waals surface area contributed by atoms with E-state index in [4.69, 9.17) is 4.42 Å². The molecule has 8 nitrogen and oxygen atoms in total. The van der Waals surface area contributed by atoms with Crippen LogP contribution >= 0.6 is 11.8 Å². The van der Waals surface area contributed by atoms with Gasteiger partial charge in [-0.25, -0.2) is 0 Å². The number of nitrogens with one attached hydrogen (secondary N) is 1. The fraction of sp³-hybridized carbons (Fsp3) is 0.462. The molecule has 1 saturated heterocycles. The van der Waals surface area contributed by atoms with Crippen molar-refractivity contribution in [3.63, 3.8) is 0 Å². The summed E-state index contributed by atoms with van der Waals surface area (Å²) in [6, 6.07) is 10.8. The van der Waals surface area contributed by atoms with Crippen LogP contribution in [0.2, 0.25) is 0 Å². The normalized spacial score (nSPS) is 14.8. The molecule has 9 heteroatoms. The second-order valence-corrected chi connectivity index (χ2v) is 11.1. The Labute approximate surface area is 210 Å². The van der Waals surface area contributed by atoms with Gasteiger partial charge in [0.25, 0.3) is 0 Å². The molecule has 1 aliphatic rings. The number of Topliss-reactive ketones (excluding diaryl/α,β-unsaturated/α-hetero) is 1. The molecule has 1 aromatic carbocycles. The summed E-state index contributed by atoms with van der Waals surface area (Å²) >= 11 is 1.38. The lowest BCUT2D eigenvalue weighted by molar-refractivity contribution is -0.123. The molecule has 0 bridgehead atoms. The smallest absolute Gasteiger partial charge is 0.229 e. The molecule has 2 aromatic heterocycles. The summed E-state index contributed by atoms with van der Waals surface area (Å²) in [4.78, 5) is 27.3. The minimum Gasteiger partial charge on any atom is -0.467 e. The van der Waals surface area contributed by atoms with Crippen molar-refractivity contribution in [2.24, 2.45) is 11.3 Å². The van der Waals surface area contributed by atoms with E-state index in [0.717, 1.165) is 37.6 Å². The van der Waals surface area contributed by atoms with Gasteiger partial charge in [-0.15, -0.1) is 10.2 Å². The van der Waals surface area contributed by atoms with Crippen LogP contribution in [0.4, 0.5) is 11.6 Å². The summed E-state index contributed by atoms with van der Waals surface area (Å²) in [7, 11) is 0. The van der Waals surface area contributed by atoms with E-state index in [2.05, 4.69) is 27.3 Å². The molecule has 186 valence electrons. The van der Waals surface area contributed by atoms with E-state index >= 15 is 0 Å². The van der Waals surface area contributed by atoms with Gasteiger partial charge in [-0.2, -0.15) is 0 Å². The number of nitrogens with zero attached hydrogens (tertiary/aromatic N) is 4. The minimum absolute atomic E-state index is 0.00964. The number of anilines is 2. The lowest BCUT2D eigenvalue weighted by Gasteiger charge is -2.31. The second kappa shape index (κ2) is 10.7. The number of hydrogen-bond acceptors (Lipinski definition) is 7. The first-order chi connectivity index (χ1) is 16.7. The number of hydrogen-bond donors (Lipinski definition) is 1. The molecule has 1 amide bonds. The first kappa shape index (κ1) is 25.0. The third kappa shape index (κ3) is 6.33. The van der Waals surface area contributed by atoms with Gasteiger partial charge >= 0.3 is 0 Å². The van der Waals surface area contributed by atoms with Gasteiger partial charge in [-0.3, -0.25) is 14.2 Å². The zero-order valence-corrected chi connectivity index (χ0v) is 21.6. The van der Waals surface area contributed by atoms with Crippen molar-refractivity contribution in [3.05, 3.63) is 54.0 Å². The van der Waals surface area contributed by atoms with Gasteiger partial charge in [0.15, 0.2) is 10.9 Å². The Morgan fingerprint density at radius 1 is 1.11 bits per heavy atom. The van der Waals surface area contributed by atoms with E-state index in [1.807, 2.05) is 37.5 Å². The highest BCUT2D eigenvalue weighted by molar-refractivity contribution is 7.99. The summed E-state index contributed by atoms with van der Waals surface area (Å²) in [5.41, 5.74) is 0.781. The highest BCUT2D eigenvalue weighted by Crippen LogP contribution is 2.28. The van der Waals surface area contributed by atoms with E-state index in [9.17, 15) is 9.59 Å². The fourth-order valence-electron chi connectivity index (χ4n) is 3.80. The zero-order valence-electron chi connectivity index (χ0n) is 20.8. The number of aromatic nitrogens is 3. The lowest BCUT2D eigenvalue weighted by atomic mass is 9.95. The Hall–Kier alpha value is -3.07. The topological polar surface area (TPSA) is 93.3 Å². The SMILES string of the molecule is CC1CCN(c2nnc(SCC(=O)c3ccc(NC(=O)C(C)(C)C)cc3)n2Cc2ccco2)CC1. The van der Waals surface area contributed by atoms with Crippen molar-refractivity contribution in [2.75, 3.05) is 29.1 Å². The Bertz CT molecular complexity index is 1140. The number of amides is 1. The summed E-state index contributed by atoms with van der Waals surface area (Å²) in [6.45, 7) is 10.3. The fourth-order valence-corrected chi connectivity index (χ4v) is 4.63. The number of rotatable bonds is 8. The van der Waals surface area contributed by atoms with Crippen molar-refractivity contribution >= 4 is 35.1 Å². The van der Waals surface area contributed by atoms with Crippen LogP contribution in [0.25, 0.3) is 0 Å². The van der Waals surface area contributed by atoms with Crippen molar-refractivity contribution in [1.29, 1.82) is 0 Å². The van der Waals surface area contributed by atoms with Crippen LogP contribution in [0.15, 0.2) is 52.2 Å². The van der Waals surface area contributed by atoms with Crippen LogP contribution in [0.3, 0.4) is 0 Å². The molecule has 35 heavy (non-hydrogen) atoms. The van der Waals surface area contributed by atoms with Crippen LogP contribution in [-0.2, 0) is 11.3 Å². The summed E-state index contributed by atoms with van der Waals surface area (Å²) in [5, 5.41) is 12.5. The maximum absolute atomic E-state index is 12.9. The summed E-state index contributed by atoms with van der Waals surface area (Å²) in [5.74, 6) is 2.51. The second-order valence-electron chi connectivity index (χ2n) is 10.1. The maximum atomic E-state index is 12.9. The van der Waals surface area contributed by atoms with Crippen LogP contribution in [0.1, 0.15) is 56.7 Å². The quantitative estimate of drug-likeness (QED) is 0.343. The molecule has 3 heterocycles. The van der Waals surface area contributed by atoms with Crippen LogP contribution in [0, 0.1) is 11.3 Å². The Balaban J connectivity index is 1.44. The van der Waals surface area contributed by atoms with Crippen molar-refractivity contribution in [3.8, 4) is 0 Å². The zero-order chi connectivity index (χ0) is 25.0. The molecule has 0 aliphatic carbocycles. The number of benzene rings is 1. The third-order valence-corrected chi connectivity index (χ3v) is 7.10. The molecule has 0 radical (unpaired) electrons. The van der Waals surface area contributed by atoms with E-state index in [0.29, 0.717) is 28.9 Å². The van der Waals surface area contributed by atoms with Gasteiger partial charge in [0, 0.05) is 29.8 Å². The third-order valence-electron chi connectivity index (χ3n) is 6.14. The first-order valence-corrected chi connectivity index (χ1v) is 13.0. The molecule has 0 unspecified atom stereocenters. The lowest BCUT2D eigenvalue weighted by Crippen LogP contribution is -2.35. The molecule has 1 fully saturated rings. The van der Waals surface area contributed by atoms with Crippen LogP contribution in [-0.4, -0.2) is 45.3 Å². The molecule has 0 spiro atoms. The molecular weight excluding hydrogens is 462 g/mol. The molecule has 3 aromatic rings. The number of carbonyl (C=O) groups excluding carboxylic acids is 2. The van der Waals surface area contributed by atoms with Gasteiger partial charge in [0.2, 0.25) is 11.9 Å². The largest absolute Gasteiger partial charge is 0.467 e. The van der Waals surface area contributed by atoms with E-state index in [-0.39, 0.29) is 17.4 Å². The predicted molar refractivity (Wildman–Crippen MR) is 138 cm³/mol. The van der Waals surface area contributed by atoms with E-state index in [1.54, 1.807) is 30.5 Å². The predicted octanol–water partition coefficient (Wildman–Crippen LogP) is 5.12. The van der Waals surface area contributed by atoms with Crippen molar-refractivity contribution in [1.82, 2.24) is 14.8 Å². The molecule has 1 N–H and O–H groups in total. The van der Waals surface area contributed by atoms with Gasteiger partial charge in [0.1, 0.15) is 5.76 Å². The highest BCUT2D eigenvalue weighted by atomic mass is 32.2. The number of piperidine rings is 1. The van der Waals surface area contributed by atoms with Crippen LogP contribution < -0.4 is 10.2 Å². The number of ketones is 1. The standard InChI is InChI=1S/C26H33N5O3S/c1-18-11-13-30(14-12-18)24-28-29-25(31(24)16-21-6-5-15-34-21)35-17-22(32)19-7-9-20(10-8-19)27-23(33)26(2,3)4/h5-10,15,18H,11-14,16-17H2,1-4H3,(H,27,33). The maximum Gasteiger partial charge on any atom is 0.229 e. The summed E-state index contributed by atoms with van der Waals surface area (Å²) in [6.07, 6.45) is 3.91. The monoisotopic (exact) mass is 495 g/mol. The number of furan rings is 1. The Morgan fingerprint density at radius 2 is 1.83 bits per heavy atom. The van der Waals surface area contributed by atoms with E-state index < -0.39 is 5.41 Å². The minimum atomic E-state index is -0.484. The average molecular weight is 496 g/mol. The van der Waals surface area contributed by atoms with Gasteiger partial charge in [0.05, 0.1) is 18.6 Å². The molecule has 1 aliphatic heterocycles. The number of thioether (sulfide) groups is 1. The Kier molecular flexibility index (Phi) is 7.64. The van der Waals surface area contributed by atoms with Gasteiger partial charge in [-0.1, -0.05) is 39.5 Å².